The highest BCUT2D eigenvalue weighted by Gasteiger charge is 2.39. The van der Waals surface area contributed by atoms with Gasteiger partial charge in [0.05, 0.1) is 28.4 Å². The molecule has 4 rings (SSSR count). The van der Waals surface area contributed by atoms with Crippen LogP contribution in [-0.4, -0.2) is 52.0 Å². The van der Waals surface area contributed by atoms with Gasteiger partial charge in [-0.25, -0.2) is 0 Å². The number of aromatic hydroxyl groups is 1. The zero-order valence-corrected chi connectivity index (χ0v) is 16.4. The summed E-state index contributed by atoms with van der Waals surface area (Å²) < 4.78 is 22.6. The summed E-state index contributed by atoms with van der Waals surface area (Å²) in [5.74, 6) is 2.61. The van der Waals surface area contributed by atoms with Crippen LogP contribution in [0.4, 0.5) is 0 Å². The predicted octanol–water partition coefficient (Wildman–Crippen LogP) is 3.18. The smallest absolute Gasteiger partial charge is 0.204 e. The Hall–Kier alpha value is -2.60. The van der Waals surface area contributed by atoms with Gasteiger partial charge in [-0.2, -0.15) is 0 Å². The van der Waals surface area contributed by atoms with Crippen molar-refractivity contribution in [2.45, 2.75) is 18.9 Å². The fraction of sp³-hybridized carbons (Fsp3) is 0.429. The van der Waals surface area contributed by atoms with Gasteiger partial charge in [-0.3, -0.25) is 4.90 Å². The number of nitrogens with zero attached hydrogens (tertiary/aromatic N) is 1. The SMILES string of the molecule is COc1cc2c(cc1O)C[C@@H]1c3c(c(OC)c(OC)c(OC)c3-2)CCN1C. The van der Waals surface area contributed by atoms with Crippen molar-refractivity contribution in [3.05, 3.63) is 28.8 Å². The Balaban J connectivity index is 2.13. The molecule has 0 amide bonds. The topological polar surface area (TPSA) is 60.4 Å². The molecule has 1 aliphatic heterocycles. The zero-order chi connectivity index (χ0) is 19.3. The maximum atomic E-state index is 10.3. The van der Waals surface area contributed by atoms with Crippen LogP contribution in [0.3, 0.4) is 0 Å². The number of phenols is 1. The van der Waals surface area contributed by atoms with Crippen molar-refractivity contribution in [2.75, 3.05) is 42.0 Å². The first-order valence-electron chi connectivity index (χ1n) is 9.00. The Bertz CT molecular complexity index is 908. The number of fused-ring (bicyclic) bond motifs is 2. The molecule has 144 valence electrons. The molecule has 1 heterocycles. The van der Waals surface area contributed by atoms with E-state index in [1.807, 2.05) is 6.07 Å². The van der Waals surface area contributed by atoms with Crippen molar-refractivity contribution in [2.24, 2.45) is 0 Å². The molecule has 0 fully saturated rings. The number of ether oxygens (including phenoxy) is 4. The molecular formula is C21H25NO5. The summed E-state index contributed by atoms with van der Waals surface area (Å²) >= 11 is 0. The van der Waals surface area contributed by atoms with Crippen molar-refractivity contribution < 1.29 is 24.1 Å². The van der Waals surface area contributed by atoms with Gasteiger partial charge in [-0.1, -0.05) is 0 Å². The number of rotatable bonds is 4. The molecule has 0 aromatic heterocycles. The molecule has 2 aromatic rings. The summed E-state index contributed by atoms with van der Waals surface area (Å²) in [4.78, 5) is 2.35. The standard InChI is InChI=1S/C21H25NO5/c1-22-7-6-12-17-14(22)8-11-9-15(23)16(24-2)10-13(11)18(17)20(26-4)21(27-5)19(12)25-3/h9-10,14,23H,6-8H2,1-5H3/t14-/m1/s1. The molecule has 0 unspecified atom stereocenters. The van der Waals surface area contributed by atoms with E-state index >= 15 is 0 Å². The third-order valence-corrected chi connectivity index (χ3v) is 5.79. The van der Waals surface area contributed by atoms with Gasteiger partial charge < -0.3 is 24.1 Å². The Morgan fingerprint density at radius 2 is 1.67 bits per heavy atom. The summed E-state index contributed by atoms with van der Waals surface area (Å²) in [6, 6.07) is 3.88. The van der Waals surface area contributed by atoms with Crippen LogP contribution in [0.5, 0.6) is 28.7 Å². The minimum Gasteiger partial charge on any atom is -0.504 e. The van der Waals surface area contributed by atoms with Crippen molar-refractivity contribution >= 4 is 0 Å². The van der Waals surface area contributed by atoms with Gasteiger partial charge in [0.15, 0.2) is 23.0 Å². The lowest BCUT2D eigenvalue weighted by molar-refractivity contribution is 0.222. The monoisotopic (exact) mass is 371 g/mol. The van der Waals surface area contributed by atoms with E-state index in [0.717, 1.165) is 41.8 Å². The minimum absolute atomic E-state index is 0.151. The van der Waals surface area contributed by atoms with Crippen LogP contribution in [0.1, 0.15) is 22.7 Å². The van der Waals surface area contributed by atoms with E-state index in [2.05, 4.69) is 11.9 Å². The van der Waals surface area contributed by atoms with Crippen molar-refractivity contribution in [3.63, 3.8) is 0 Å². The first kappa shape index (κ1) is 17.8. The second-order valence-corrected chi connectivity index (χ2v) is 7.00. The largest absolute Gasteiger partial charge is 0.504 e. The van der Waals surface area contributed by atoms with Gasteiger partial charge in [0.2, 0.25) is 5.75 Å². The molecule has 1 N–H and O–H groups in total. The van der Waals surface area contributed by atoms with E-state index in [1.165, 1.54) is 11.1 Å². The first-order chi connectivity index (χ1) is 13.0. The fourth-order valence-electron chi connectivity index (χ4n) is 4.54. The Kier molecular flexibility index (Phi) is 4.30. The van der Waals surface area contributed by atoms with Gasteiger partial charge in [0, 0.05) is 23.7 Å². The Morgan fingerprint density at radius 3 is 2.30 bits per heavy atom. The quantitative estimate of drug-likeness (QED) is 0.891. The molecule has 2 aromatic carbocycles. The average molecular weight is 371 g/mol. The fourth-order valence-corrected chi connectivity index (χ4v) is 4.54. The first-order valence-corrected chi connectivity index (χ1v) is 9.00. The molecule has 0 saturated heterocycles. The predicted molar refractivity (Wildman–Crippen MR) is 103 cm³/mol. The van der Waals surface area contributed by atoms with E-state index in [4.69, 9.17) is 18.9 Å². The minimum atomic E-state index is 0.151. The second-order valence-electron chi connectivity index (χ2n) is 7.00. The Morgan fingerprint density at radius 1 is 0.963 bits per heavy atom. The maximum absolute atomic E-state index is 10.3. The normalized spacial score (nSPS) is 17.7. The van der Waals surface area contributed by atoms with Crippen LogP contribution in [-0.2, 0) is 12.8 Å². The van der Waals surface area contributed by atoms with E-state index in [1.54, 1.807) is 34.5 Å². The molecule has 0 bridgehead atoms. The van der Waals surface area contributed by atoms with Crippen LogP contribution < -0.4 is 18.9 Å². The summed E-state index contributed by atoms with van der Waals surface area (Å²) in [6.45, 7) is 0.931. The molecule has 0 saturated carbocycles. The lowest BCUT2D eigenvalue weighted by Gasteiger charge is -2.41. The number of hydrogen-bond acceptors (Lipinski definition) is 6. The summed E-state index contributed by atoms with van der Waals surface area (Å²) in [6.07, 6.45) is 1.69. The van der Waals surface area contributed by atoms with E-state index < -0.39 is 0 Å². The van der Waals surface area contributed by atoms with Gasteiger partial charge in [-0.15, -0.1) is 0 Å². The van der Waals surface area contributed by atoms with Crippen LogP contribution >= 0.6 is 0 Å². The molecule has 0 radical (unpaired) electrons. The van der Waals surface area contributed by atoms with E-state index in [0.29, 0.717) is 17.2 Å². The van der Waals surface area contributed by atoms with Crippen molar-refractivity contribution in [1.82, 2.24) is 4.90 Å². The number of benzene rings is 2. The van der Waals surface area contributed by atoms with Crippen LogP contribution in [0.15, 0.2) is 12.1 Å². The summed E-state index contributed by atoms with van der Waals surface area (Å²) in [5, 5.41) is 10.3. The second kappa shape index (κ2) is 6.53. The Labute approximate surface area is 159 Å². The van der Waals surface area contributed by atoms with Crippen LogP contribution in [0.25, 0.3) is 11.1 Å². The molecule has 2 aliphatic rings. The van der Waals surface area contributed by atoms with E-state index in [-0.39, 0.29) is 11.8 Å². The van der Waals surface area contributed by atoms with Gasteiger partial charge >= 0.3 is 0 Å². The maximum Gasteiger partial charge on any atom is 0.204 e. The van der Waals surface area contributed by atoms with Gasteiger partial charge in [-0.05, 0) is 48.7 Å². The third kappa shape index (κ3) is 2.43. The molecular weight excluding hydrogens is 346 g/mol. The van der Waals surface area contributed by atoms with E-state index in [9.17, 15) is 5.11 Å². The number of phenolic OH excluding ortho intramolecular Hbond substituents is 1. The zero-order valence-electron chi connectivity index (χ0n) is 16.4. The number of methoxy groups -OCH3 is 4. The van der Waals surface area contributed by atoms with Crippen molar-refractivity contribution in [3.8, 4) is 39.9 Å². The lowest BCUT2D eigenvalue weighted by Crippen LogP contribution is -2.36. The highest BCUT2D eigenvalue weighted by Crippen LogP contribution is 2.57. The average Bonchev–Trinajstić information content (AvgIpc) is 2.68. The van der Waals surface area contributed by atoms with Gasteiger partial charge in [0.1, 0.15) is 0 Å². The number of hydrogen-bond donors (Lipinski definition) is 1. The highest BCUT2D eigenvalue weighted by molar-refractivity contribution is 5.87. The summed E-state index contributed by atoms with van der Waals surface area (Å²) in [7, 11) is 8.64. The molecule has 27 heavy (non-hydrogen) atoms. The highest BCUT2D eigenvalue weighted by atomic mass is 16.5. The summed E-state index contributed by atoms with van der Waals surface area (Å²) in [5.41, 5.74) is 5.46. The lowest BCUT2D eigenvalue weighted by atomic mass is 9.76. The molecule has 1 atom stereocenters. The number of likely N-dealkylation sites (N-methyl/N-ethyl adjacent to an activating group) is 1. The molecule has 6 nitrogen and oxygen atoms in total. The molecule has 1 aliphatic carbocycles. The third-order valence-electron chi connectivity index (χ3n) is 5.79. The van der Waals surface area contributed by atoms with Crippen LogP contribution in [0, 0.1) is 0 Å². The molecule has 6 heteroatoms. The van der Waals surface area contributed by atoms with Crippen LogP contribution in [0.2, 0.25) is 0 Å². The van der Waals surface area contributed by atoms with Crippen molar-refractivity contribution in [1.29, 1.82) is 0 Å². The molecule has 0 spiro atoms. The van der Waals surface area contributed by atoms with Gasteiger partial charge in [0.25, 0.3) is 0 Å².